The van der Waals surface area contributed by atoms with E-state index in [-0.39, 0.29) is 13.0 Å². The van der Waals surface area contributed by atoms with Gasteiger partial charge in [0.25, 0.3) is 5.91 Å². The van der Waals surface area contributed by atoms with Crippen LogP contribution in [-0.4, -0.2) is 72.6 Å². The highest BCUT2D eigenvalue weighted by Crippen LogP contribution is 2.31. The van der Waals surface area contributed by atoms with Crippen LogP contribution >= 0.6 is 0 Å². The largest absolute Gasteiger partial charge is 0.490 e. The highest BCUT2D eigenvalue weighted by atomic mass is 16.7. The summed E-state index contributed by atoms with van der Waals surface area (Å²) >= 11 is 0. The molecule has 1 heterocycles. The van der Waals surface area contributed by atoms with Crippen LogP contribution in [0.1, 0.15) is 216 Å². The van der Waals surface area contributed by atoms with Gasteiger partial charge in [0, 0.05) is 12.0 Å². The van der Waals surface area contributed by atoms with E-state index in [0.717, 1.165) is 50.5 Å². The molecule has 0 spiro atoms. The van der Waals surface area contributed by atoms with E-state index >= 15 is 0 Å². The Hall–Kier alpha value is -3.18. The van der Waals surface area contributed by atoms with Crippen molar-refractivity contribution in [1.82, 2.24) is 5.32 Å². The number of nitrogens with one attached hydrogen (secondary N) is 1. The number of hydrogen-bond donors (Lipinski definition) is 3. The summed E-state index contributed by atoms with van der Waals surface area (Å²) in [4.78, 5) is 27.6. The van der Waals surface area contributed by atoms with E-state index in [1.165, 1.54) is 122 Å². The fourth-order valence-electron chi connectivity index (χ4n) is 8.35. The Labute approximate surface area is 388 Å². The van der Waals surface area contributed by atoms with Crippen LogP contribution in [0.3, 0.4) is 0 Å². The Morgan fingerprint density at radius 2 is 1.09 bits per heavy atom. The molecule has 0 unspecified atom stereocenters. The molecule has 0 saturated carbocycles. The van der Waals surface area contributed by atoms with Crippen LogP contribution < -0.4 is 14.8 Å². The molecule has 2 aromatic rings. The SMILES string of the molecule is CCCCCCCCCCCCCC(=O)O[C@H]1[C@H](O)[C@@H](CO)O[C@H](OCc2ccccc2)[C@H]1NC(=O)c1ccc(OCCCCCCCCCC)c(OCCCCCCCCCC)c1. The lowest BCUT2D eigenvalue weighted by Crippen LogP contribution is -2.65. The minimum Gasteiger partial charge on any atom is -0.490 e. The first-order valence-corrected chi connectivity index (χ1v) is 25.9. The van der Waals surface area contributed by atoms with Gasteiger partial charge in [-0.2, -0.15) is 0 Å². The van der Waals surface area contributed by atoms with E-state index in [9.17, 15) is 19.8 Å². The summed E-state index contributed by atoms with van der Waals surface area (Å²) in [6, 6.07) is 13.6. The Bertz CT molecular complexity index is 1460. The molecule has 0 bridgehead atoms. The van der Waals surface area contributed by atoms with E-state index in [0.29, 0.717) is 36.7 Å². The highest BCUT2D eigenvalue weighted by Gasteiger charge is 2.48. The second-order valence-corrected chi connectivity index (χ2v) is 18.1. The molecule has 10 nitrogen and oxygen atoms in total. The summed E-state index contributed by atoms with van der Waals surface area (Å²) in [5.74, 6) is 0.144. The quantitative estimate of drug-likeness (QED) is 0.0443. The summed E-state index contributed by atoms with van der Waals surface area (Å²) in [6.07, 6.45) is 27.1. The van der Waals surface area contributed by atoms with Crippen molar-refractivity contribution in [2.45, 2.75) is 238 Å². The van der Waals surface area contributed by atoms with Crippen molar-refractivity contribution >= 4 is 11.9 Å². The Morgan fingerprint density at radius 3 is 1.61 bits per heavy atom. The van der Waals surface area contributed by atoms with Gasteiger partial charge in [-0.05, 0) is 43.0 Å². The van der Waals surface area contributed by atoms with Gasteiger partial charge in [-0.3, -0.25) is 9.59 Å². The van der Waals surface area contributed by atoms with Gasteiger partial charge in [-0.1, -0.05) is 205 Å². The number of unbranched alkanes of at least 4 members (excludes halogenated alkanes) is 24. The first-order valence-electron chi connectivity index (χ1n) is 25.9. The maximum Gasteiger partial charge on any atom is 0.306 e. The molecule has 0 radical (unpaired) electrons. The number of hydrogen-bond acceptors (Lipinski definition) is 9. The van der Waals surface area contributed by atoms with E-state index in [2.05, 4.69) is 26.1 Å². The van der Waals surface area contributed by atoms with Crippen molar-refractivity contribution < 1.29 is 43.5 Å². The molecule has 3 rings (SSSR count). The number of aliphatic hydroxyl groups excluding tert-OH is 2. The Balaban J connectivity index is 1.70. The fraction of sp³-hybridized carbons (Fsp3) is 0.741. The van der Waals surface area contributed by atoms with Crippen LogP contribution in [-0.2, 0) is 25.6 Å². The van der Waals surface area contributed by atoms with E-state index in [1.54, 1.807) is 18.2 Å². The van der Waals surface area contributed by atoms with Gasteiger partial charge in [0.05, 0.1) is 26.4 Å². The number of rotatable bonds is 39. The predicted molar refractivity (Wildman–Crippen MR) is 258 cm³/mol. The third-order valence-corrected chi connectivity index (χ3v) is 12.4. The molecule has 1 saturated heterocycles. The molecule has 364 valence electrons. The number of carbonyl (C=O) groups excluding carboxylic acids is 2. The molecular weight excluding hydrogens is 807 g/mol. The molecule has 5 atom stereocenters. The zero-order chi connectivity index (χ0) is 45.9. The van der Waals surface area contributed by atoms with E-state index in [4.69, 9.17) is 23.7 Å². The molecule has 0 aromatic heterocycles. The lowest BCUT2D eigenvalue weighted by Gasteiger charge is -2.43. The van der Waals surface area contributed by atoms with Gasteiger partial charge < -0.3 is 39.2 Å². The Morgan fingerprint density at radius 1 is 0.609 bits per heavy atom. The molecule has 0 aliphatic carbocycles. The summed E-state index contributed by atoms with van der Waals surface area (Å²) in [7, 11) is 0. The van der Waals surface area contributed by atoms with Gasteiger partial charge in [0.2, 0.25) is 0 Å². The number of carbonyl (C=O) groups is 2. The second kappa shape index (κ2) is 36.0. The number of esters is 1. The number of ether oxygens (including phenoxy) is 5. The van der Waals surface area contributed by atoms with Crippen LogP contribution in [0.4, 0.5) is 0 Å². The third kappa shape index (κ3) is 23.3. The van der Waals surface area contributed by atoms with Crippen molar-refractivity contribution in [3.8, 4) is 11.5 Å². The predicted octanol–water partition coefficient (Wildman–Crippen LogP) is 12.7. The average Bonchev–Trinajstić information content (AvgIpc) is 3.31. The van der Waals surface area contributed by atoms with Crippen LogP contribution in [0.5, 0.6) is 11.5 Å². The third-order valence-electron chi connectivity index (χ3n) is 12.4. The van der Waals surface area contributed by atoms with Crippen molar-refractivity contribution in [2.75, 3.05) is 19.8 Å². The normalized spacial score (nSPS) is 18.5. The molecule has 64 heavy (non-hydrogen) atoms. The maximum absolute atomic E-state index is 14.2. The number of aliphatic hydroxyl groups is 2. The fourth-order valence-corrected chi connectivity index (χ4v) is 8.35. The highest BCUT2D eigenvalue weighted by molar-refractivity contribution is 5.95. The summed E-state index contributed by atoms with van der Waals surface area (Å²) in [5.41, 5.74) is 1.19. The van der Waals surface area contributed by atoms with Gasteiger partial charge >= 0.3 is 5.97 Å². The minimum absolute atomic E-state index is 0.132. The van der Waals surface area contributed by atoms with Gasteiger partial charge in [0.1, 0.15) is 18.2 Å². The molecule has 10 heteroatoms. The van der Waals surface area contributed by atoms with Crippen molar-refractivity contribution in [1.29, 1.82) is 0 Å². The first-order chi connectivity index (χ1) is 31.4. The lowest BCUT2D eigenvalue weighted by atomic mass is 9.96. The van der Waals surface area contributed by atoms with Crippen LogP contribution in [0.2, 0.25) is 0 Å². The minimum atomic E-state index is -1.41. The lowest BCUT2D eigenvalue weighted by molar-refractivity contribution is -0.275. The summed E-state index contributed by atoms with van der Waals surface area (Å²) in [5, 5.41) is 24.7. The standard InChI is InChI=1S/C54H89NO9/c1-4-7-10-13-16-19-20-21-22-25-31-36-49(57)64-52-50(54(63-48(42-56)51(52)58)62-43-44-34-29-28-30-35-44)55-53(59)45-37-38-46(60-39-32-26-23-17-14-11-8-5-2)47(41-45)61-40-33-27-24-18-15-12-9-6-3/h28-30,34-35,37-38,41,48,50-52,54,56,58H,4-27,31-33,36,39-40,42-43H2,1-3H3,(H,55,59)/t48-,50+,51-,52-,54+/m1/s1. The molecule has 1 aliphatic rings. The van der Waals surface area contributed by atoms with Gasteiger partial charge in [-0.25, -0.2) is 0 Å². The second-order valence-electron chi connectivity index (χ2n) is 18.1. The zero-order valence-corrected chi connectivity index (χ0v) is 40.4. The van der Waals surface area contributed by atoms with Crippen molar-refractivity contribution in [3.05, 3.63) is 59.7 Å². The molecule has 1 fully saturated rings. The molecule has 2 aromatic carbocycles. The van der Waals surface area contributed by atoms with E-state index in [1.807, 2.05) is 30.3 Å². The Kier molecular flexibility index (Phi) is 31.0. The first kappa shape index (κ1) is 55.1. The van der Waals surface area contributed by atoms with Crippen molar-refractivity contribution in [3.63, 3.8) is 0 Å². The molecule has 1 aliphatic heterocycles. The van der Waals surface area contributed by atoms with Crippen LogP contribution in [0.15, 0.2) is 48.5 Å². The van der Waals surface area contributed by atoms with Gasteiger partial charge in [0.15, 0.2) is 23.9 Å². The van der Waals surface area contributed by atoms with Crippen LogP contribution in [0.25, 0.3) is 0 Å². The average molecular weight is 896 g/mol. The molecule has 3 N–H and O–H groups in total. The molecular formula is C54H89NO9. The summed E-state index contributed by atoms with van der Waals surface area (Å²) < 4.78 is 30.9. The van der Waals surface area contributed by atoms with Crippen molar-refractivity contribution in [2.24, 2.45) is 0 Å². The zero-order valence-electron chi connectivity index (χ0n) is 40.4. The monoisotopic (exact) mass is 896 g/mol. The topological polar surface area (TPSA) is 133 Å². The molecule has 1 amide bonds. The number of benzene rings is 2. The van der Waals surface area contributed by atoms with E-state index < -0.39 is 49.1 Å². The summed E-state index contributed by atoms with van der Waals surface area (Å²) in [6.45, 7) is 7.38. The van der Waals surface area contributed by atoms with Crippen LogP contribution in [0, 0.1) is 0 Å². The van der Waals surface area contributed by atoms with Gasteiger partial charge in [-0.15, -0.1) is 0 Å². The smallest absolute Gasteiger partial charge is 0.306 e. The number of amides is 1. The maximum atomic E-state index is 14.2.